The molecular weight excluding hydrogens is 330 g/mol. The van der Waals surface area contributed by atoms with E-state index in [9.17, 15) is 9.90 Å². The Morgan fingerprint density at radius 2 is 1.95 bits per heavy atom. The molecule has 1 fully saturated rings. The van der Waals surface area contributed by atoms with Crippen molar-refractivity contribution in [3.05, 3.63) is 32.8 Å². The SMILES string of the molecule is CC1(C(O)C=C(Cl)Cl)CCCC(=CC=C(Cl)Cl)C1=O. The van der Waals surface area contributed by atoms with Gasteiger partial charge in [0.05, 0.1) is 11.5 Å². The molecule has 0 spiro atoms. The molecule has 1 rings (SSSR count). The first-order valence-electron chi connectivity index (χ1n) is 5.75. The third-order valence-electron chi connectivity index (χ3n) is 3.30. The second-order valence-electron chi connectivity index (χ2n) is 4.65. The maximum atomic E-state index is 12.4. The zero-order valence-corrected chi connectivity index (χ0v) is 13.3. The van der Waals surface area contributed by atoms with Crippen molar-refractivity contribution < 1.29 is 9.90 Å². The van der Waals surface area contributed by atoms with Gasteiger partial charge in [0, 0.05) is 0 Å². The highest BCUT2D eigenvalue weighted by molar-refractivity contribution is 6.56. The first-order chi connectivity index (χ1) is 8.77. The van der Waals surface area contributed by atoms with Gasteiger partial charge in [-0.25, -0.2) is 0 Å². The number of carbonyl (C=O) groups excluding carboxylic acids is 1. The summed E-state index contributed by atoms with van der Waals surface area (Å²) >= 11 is 22.1. The third kappa shape index (κ3) is 4.51. The molecule has 2 nitrogen and oxygen atoms in total. The average molecular weight is 344 g/mol. The lowest BCUT2D eigenvalue weighted by molar-refractivity contribution is -0.130. The van der Waals surface area contributed by atoms with Crippen LogP contribution in [0.2, 0.25) is 0 Å². The van der Waals surface area contributed by atoms with E-state index in [1.165, 1.54) is 12.2 Å². The minimum absolute atomic E-state index is 0.0543. The van der Waals surface area contributed by atoms with Crippen LogP contribution in [-0.2, 0) is 4.79 Å². The summed E-state index contributed by atoms with van der Waals surface area (Å²) in [5.41, 5.74) is -0.336. The summed E-state index contributed by atoms with van der Waals surface area (Å²) in [4.78, 5) is 12.4. The van der Waals surface area contributed by atoms with Gasteiger partial charge in [-0.15, -0.1) is 0 Å². The smallest absolute Gasteiger partial charge is 0.167 e. The van der Waals surface area contributed by atoms with Crippen LogP contribution < -0.4 is 0 Å². The van der Waals surface area contributed by atoms with E-state index < -0.39 is 11.5 Å². The summed E-state index contributed by atoms with van der Waals surface area (Å²) in [7, 11) is 0. The second kappa shape index (κ2) is 7.14. The van der Waals surface area contributed by atoms with Crippen molar-refractivity contribution in [2.24, 2.45) is 5.41 Å². The first kappa shape index (κ1) is 17.1. The molecule has 0 amide bonds. The van der Waals surface area contributed by atoms with E-state index in [1.54, 1.807) is 13.0 Å². The van der Waals surface area contributed by atoms with Gasteiger partial charge >= 0.3 is 0 Å². The fourth-order valence-corrected chi connectivity index (χ4v) is 2.51. The highest BCUT2D eigenvalue weighted by Crippen LogP contribution is 2.39. The van der Waals surface area contributed by atoms with Gasteiger partial charge in [-0.3, -0.25) is 4.79 Å². The lowest BCUT2D eigenvalue weighted by atomic mass is 9.68. The summed E-state index contributed by atoms with van der Waals surface area (Å²) in [6.45, 7) is 1.70. The van der Waals surface area contributed by atoms with Crippen LogP contribution in [0.5, 0.6) is 0 Å². The number of allylic oxidation sites excluding steroid dienone is 3. The van der Waals surface area contributed by atoms with E-state index in [1.807, 2.05) is 0 Å². The van der Waals surface area contributed by atoms with Crippen LogP contribution in [0.1, 0.15) is 26.2 Å². The lowest BCUT2D eigenvalue weighted by Gasteiger charge is -2.36. The van der Waals surface area contributed by atoms with E-state index in [4.69, 9.17) is 46.4 Å². The zero-order valence-electron chi connectivity index (χ0n) is 10.3. The van der Waals surface area contributed by atoms with Crippen molar-refractivity contribution in [1.82, 2.24) is 0 Å². The van der Waals surface area contributed by atoms with Crippen molar-refractivity contribution in [3.8, 4) is 0 Å². The summed E-state index contributed by atoms with van der Waals surface area (Å²) in [5, 5.41) is 10.1. The Bertz CT molecular complexity index is 446. The molecule has 2 atom stereocenters. The lowest BCUT2D eigenvalue weighted by Crippen LogP contribution is -2.42. The molecule has 0 radical (unpaired) electrons. The number of aliphatic hydroxyl groups is 1. The number of rotatable bonds is 3. The molecule has 0 aromatic heterocycles. The van der Waals surface area contributed by atoms with E-state index >= 15 is 0 Å². The Hall–Kier alpha value is 0.01000. The third-order valence-corrected chi connectivity index (χ3v) is 3.80. The molecule has 1 N–H and O–H groups in total. The first-order valence-corrected chi connectivity index (χ1v) is 7.26. The number of Topliss-reactive ketones (excluding diaryl/α,β-unsaturated/α-hetero) is 1. The molecule has 0 aliphatic heterocycles. The van der Waals surface area contributed by atoms with Crippen molar-refractivity contribution in [2.45, 2.75) is 32.3 Å². The highest BCUT2D eigenvalue weighted by Gasteiger charge is 2.42. The van der Waals surface area contributed by atoms with E-state index in [0.29, 0.717) is 18.4 Å². The van der Waals surface area contributed by atoms with Gasteiger partial charge < -0.3 is 5.11 Å². The quantitative estimate of drug-likeness (QED) is 0.756. The number of ketones is 1. The fourth-order valence-electron chi connectivity index (χ4n) is 2.15. The molecule has 0 aromatic rings. The Morgan fingerprint density at radius 1 is 1.32 bits per heavy atom. The highest BCUT2D eigenvalue weighted by atomic mass is 35.5. The van der Waals surface area contributed by atoms with E-state index in [2.05, 4.69) is 0 Å². The maximum Gasteiger partial charge on any atom is 0.167 e. The molecule has 6 heteroatoms. The van der Waals surface area contributed by atoms with Crippen LogP contribution in [0, 0.1) is 5.41 Å². The second-order valence-corrected chi connectivity index (χ2v) is 6.67. The van der Waals surface area contributed by atoms with Crippen LogP contribution >= 0.6 is 46.4 Å². The molecule has 0 bridgehead atoms. The van der Waals surface area contributed by atoms with Crippen molar-refractivity contribution >= 4 is 52.2 Å². The molecule has 106 valence electrons. The molecule has 1 saturated carbocycles. The number of aliphatic hydroxyl groups excluding tert-OH is 1. The standard InChI is InChI=1S/C13H14Cl4O2/c1-13(9(18)7-11(16)17)6-2-3-8(12(13)19)4-5-10(14)15/h4-5,7,9,18H,2-3,6H2,1H3. The number of hydrogen-bond donors (Lipinski definition) is 1. The van der Waals surface area contributed by atoms with Crippen molar-refractivity contribution in [3.63, 3.8) is 0 Å². The van der Waals surface area contributed by atoms with Crippen molar-refractivity contribution in [2.75, 3.05) is 0 Å². The van der Waals surface area contributed by atoms with Crippen LogP contribution in [0.3, 0.4) is 0 Å². The van der Waals surface area contributed by atoms with Gasteiger partial charge in [-0.2, -0.15) is 0 Å². The molecule has 2 unspecified atom stereocenters. The largest absolute Gasteiger partial charge is 0.388 e. The molecule has 1 aliphatic carbocycles. The van der Waals surface area contributed by atoms with E-state index in [0.717, 1.165) is 6.42 Å². The Kier molecular flexibility index (Phi) is 6.41. The van der Waals surface area contributed by atoms with Gasteiger partial charge in [-0.1, -0.05) is 52.5 Å². The minimum Gasteiger partial charge on any atom is -0.388 e. The summed E-state index contributed by atoms with van der Waals surface area (Å²) in [6.07, 6.45) is 5.29. The number of carbonyl (C=O) groups is 1. The van der Waals surface area contributed by atoms with Crippen LogP contribution in [-0.4, -0.2) is 17.0 Å². The summed E-state index contributed by atoms with van der Waals surface area (Å²) < 4.78 is 0.0261. The number of hydrogen-bond acceptors (Lipinski definition) is 2. The Morgan fingerprint density at radius 3 is 2.47 bits per heavy atom. The molecular formula is C13H14Cl4O2. The van der Waals surface area contributed by atoms with Crippen LogP contribution in [0.15, 0.2) is 32.8 Å². The monoisotopic (exact) mass is 342 g/mol. The normalized spacial score (nSPS) is 27.1. The summed E-state index contributed by atoms with van der Waals surface area (Å²) in [6, 6.07) is 0. The molecule has 0 saturated heterocycles. The maximum absolute atomic E-state index is 12.4. The Labute approximate surface area is 132 Å². The van der Waals surface area contributed by atoms with Gasteiger partial charge in [0.2, 0.25) is 0 Å². The van der Waals surface area contributed by atoms with Crippen molar-refractivity contribution in [1.29, 1.82) is 0 Å². The summed E-state index contributed by atoms with van der Waals surface area (Å²) in [5.74, 6) is -0.136. The van der Waals surface area contributed by atoms with Gasteiger partial charge in [0.1, 0.15) is 8.98 Å². The fraction of sp³-hybridized carbons (Fsp3) is 0.462. The average Bonchev–Trinajstić information content (AvgIpc) is 2.30. The van der Waals surface area contributed by atoms with Gasteiger partial charge in [-0.05, 0) is 43.9 Å². The van der Waals surface area contributed by atoms with Crippen LogP contribution in [0.4, 0.5) is 0 Å². The van der Waals surface area contributed by atoms with Crippen LogP contribution in [0.25, 0.3) is 0 Å². The molecule has 19 heavy (non-hydrogen) atoms. The molecule has 0 heterocycles. The predicted octanol–water partition coefficient (Wildman–Crippen LogP) is 4.67. The van der Waals surface area contributed by atoms with E-state index in [-0.39, 0.29) is 14.8 Å². The van der Waals surface area contributed by atoms with Gasteiger partial charge in [0.15, 0.2) is 5.78 Å². The zero-order chi connectivity index (χ0) is 14.6. The molecule has 0 aromatic carbocycles. The predicted molar refractivity (Wildman–Crippen MR) is 80.6 cm³/mol. The number of halogens is 4. The topological polar surface area (TPSA) is 37.3 Å². The van der Waals surface area contributed by atoms with Gasteiger partial charge in [0.25, 0.3) is 0 Å². The minimum atomic E-state index is -1.02. The molecule has 1 aliphatic rings. The Balaban J connectivity index is 3.03.